The van der Waals surface area contributed by atoms with E-state index < -0.39 is 5.97 Å². The highest BCUT2D eigenvalue weighted by Crippen LogP contribution is 2.34. The van der Waals surface area contributed by atoms with Crippen molar-refractivity contribution in [2.24, 2.45) is 0 Å². The first-order valence-corrected chi connectivity index (χ1v) is 9.71. The third-order valence-corrected chi connectivity index (χ3v) is 4.93. The van der Waals surface area contributed by atoms with Gasteiger partial charge in [0.25, 0.3) is 0 Å². The molecule has 0 radical (unpaired) electrons. The van der Waals surface area contributed by atoms with Gasteiger partial charge in [-0.2, -0.15) is 0 Å². The van der Waals surface area contributed by atoms with Crippen LogP contribution in [0.25, 0.3) is 10.8 Å². The number of nitrogens with zero attached hydrogens (tertiary/aromatic N) is 1. The van der Waals surface area contributed by atoms with Crippen LogP contribution in [-0.2, 0) is 9.59 Å². The Morgan fingerprint density at radius 3 is 2.79 bits per heavy atom. The highest BCUT2D eigenvalue weighted by atomic mass is 35.5. The van der Waals surface area contributed by atoms with Crippen molar-refractivity contribution in [3.63, 3.8) is 0 Å². The van der Waals surface area contributed by atoms with Gasteiger partial charge in [0.15, 0.2) is 5.75 Å². The minimum atomic E-state index is -0.398. The van der Waals surface area contributed by atoms with Gasteiger partial charge in [-0.25, -0.2) is 4.79 Å². The fraction of sp³-hybridized carbons (Fsp3) is 0.182. The zero-order chi connectivity index (χ0) is 20.2. The number of carbonyl (C=O) groups is 2. The molecule has 3 aromatic rings. The van der Waals surface area contributed by atoms with Crippen LogP contribution in [0.15, 0.2) is 60.7 Å². The van der Waals surface area contributed by atoms with Crippen LogP contribution in [0.2, 0.25) is 5.02 Å². The molecule has 3 aromatic carbocycles. The quantitative estimate of drug-likeness (QED) is 0.371. The summed E-state index contributed by atoms with van der Waals surface area (Å²) in [5.74, 6) is -0.160. The maximum atomic E-state index is 12.4. The van der Waals surface area contributed by atoms with E-state index in [9.17, 15) is 9.59 Å². The van der Waals surface area contributed by atoms with E-state index >= 15 is 0 Å². The number of esters is 1. The molecule has 7 heteroatoms. The molecule has 1 aliphatic rings. The molecule has 1 amide bonds. The number of hydrogen-bond acceptors (Lipinski definition) is 5. The number of anilines is 2. The van der Waals surface area contributed by atoms with Crippen molar-refractivity contribution in [2.75, 3.05) is 36.4 Å². The molecule has 0 spiro atoms. The van der Waals surface area contributed by atoms with Gasteiger partial charge in [-0.05, 0) is 29.7 Å². The lowest BCUT2D eigenvalue weighted by Crippen LogP contribution is -2.44. The molecule has 6 nitrogen and oxygen atoms in total. The summed E-state index contributed by atoms with van der Waals surface area (Å²) in [6.07, 6.45) is 0. The van der Waals surface area contributed by atoms with Gasteiger partial charge in [-0.15, -0.1) is 0 Å². The second-order valence-electron chi connectivity index (χ2n) is 6.75. The largest absolute Gasteiger partial charge is 0.423 e. The Morgan fingerprint density at radius 2 is 1.90 bits per heavy atom. The standard InChI is InChI=1S/C22H20ClN3O3/c23-16-8-9-20-19(12-16)26(14-22(28)29-20)13-21(27)25-11-10-24-18-7-3-5-15-4-1-2-6-17(15)18/h1-9,12,24H,10-11,13-14H2,(H,25,27). The molecule has 0 saturated heterocycles. The van der Waals surface area contributed by atoms with Crippen LogP contribution < -0.4 is 20.3 Å². The molecule has 4 rings (SSSR count). The molecule has 0 atom stereocenters. The van der Waals surface area contributed by atoms with Crippen molar-refractivity contribution in [3.8, 4) is 5.75 Å². The average molecular weight is 410 g/mol. The Labute approximate surface area is 173 Å². The molecule has 2 N–H and O–H groups in total. The number of rotatable bonds is 6. The Hall–Kier alpha value is -3.25. The van der Waals surface area contributed by atoms with Gasteiger partial charge >= 0.3 is 5.97 Å². The number of nitrogens with one attached hydrogen (secondary N) is 2. The predicted molar refractivity (Wildman–Crippen MR) is 115 cm³/mol. The molecule has 0 saturated carbocycles. The van der Waals surface area contributed by atoms with Crippen LogP contribution in [0, 0.1) is 0 Å². The topological polar surface area (TPSA) is 70.7 Å². The van der Waals surface area contributed by atoms with Crippen molar-refractivity contribution < 1.29 is 14.3 Å². The summed E-state index contributed by atoms with van der Waals surface area (Å²) in [6, 6.07) is 19.2. The number of ether oxygens (including phenoxy) is 1. The lowest BCUT2D eigenvalue weighted by Gasteiger charge is -2.29. The molecular weight excluding hydrogens is 390 g/mol. The van der Waals surface area contributed by atoms with Crippen molar-refractivity contribution in [3.05, 3.63) is 65.7 Å². The summed E-state index contributed by atoms with van der Waals surface area (Å²) in [4.78, 5) is 25.8. The smallest absolute Gasteiger partial charge is 0.331 e. The van der Waals surface area contributed by atoms with E-state index in [1.807, 2.05) is 24.3 Å². The maximum Gasteiger partial charge on any atom is 0.331 e. The van der Waals surface area contributed by atoms with Crippen molar-refractivity contribution >= 4 is 45.6 Å². The van der Waals surface area contributed by atoms with E-state index in [-0.39, 0.29) is 19.0 Å². The molecule has 0 aromatic heterocycles. The molecule has 0 aliphatic carbocycles. The maximum absolute atomic E-state index is 12.4. The van der Waals surface area contributed by atoms with E-state index in [1.54, 1.807) is 23.1 Å². The lowest BCUT2D eigenvalue weighted by atomic mass is 10.1. The first-order chi connectivity index (χ1) is 14.1. The fourth-order valence-electron chi connectivity index (χ4n) is 3.37. The normalized spacial score (nSPS) is 13.0. The Morgan fingerprint density at radius 1 is 1.07 bits per heavy atom. The lowest BCUT2D eigenvalue weighted by molar-refractivity contribution is -0.133. The van der Waals surface area contributed by atoms with Crippen molar-refractivity contribution in [1.29, 1.82) is 0 Å². The van der Waals surface area contributed by atoms with Gasteiger partial charge in [0.1, 0.15) is 6.54 Å². The number of hydrogen-bond donors (Lipinski definition) is 2. The first-order valence-electron chi connectivity index (χ1n) is 9.34. The van der Waals surface area contributed by atoms with Gasteiger partial charge in [0.05, 0.1) is 12.2 Å². The molecule has 0 unspecified atom stereocenters. The van der Waals surface area contributed by atoms with Crippen LogP contribution in [0.5, 0.6) is 5.75 Å². The van der Waals surface area contributed by atoms with Crippen LogP contribution >= 0.6 is 11.6 Å². The third-order valence-electron chi connectivity index (χ3n) is 4.69. The number of carbonyl (C=O) groups excluding carboxylic acids is 2. The molecular formula is C22H20ClN3O3. The molecule has 0 fully saturated rings. The average Bonchev–Trinajstić information content (AvgIpc) is 2.72. The molecule has 0 bridgehead atoms. The van der Waals surface area contributed by atoms with Gasteiger partial charge in [0.2, 0.25) is 5.91 Å². The molecule has 29 heavy (non-hydrogen) atoms. The summed E-state index contributed by atoms with van der Waals surface area (Å²) >= 11 is 6.04. The Bertz CT molecular complexity index is 1060. The highest BCUT2D eigenvalue weighted by Gasteiger charge is 2.25. The van der Waals surface area contributed by atoms with Gasteiger partial charge < -0.3 is 20.3 Å². The van der Waals surface area contributed by atoms with Crippen LogP contribution in [0.3, 0.4) is 0 Å². The fourth-order valence-corrected chi connectivity index (χ4v) is 3.54. The highest BCUT2D eigenvalue weighted by molar-refractivity contribution is 6.31. The Kier molecular flexibility index (Phi) is 5.53. The minimum Gasteiger partial charge on any atom is -0.423 e. The number of benzene rings is 3. The first kappa shape index (κ1) is 19.1. The van der Waals surface area contributed by atoms with E-state index in [0.717, 1.165) is 16.5 Å². The molecule has 1 heterocycles. The van der Waals surface area contributed by atoms with E-state index in [0.29, 0.717) is 29.5 Å². The summed E-state index contributed by atoms with van der Waals surface area (Å²) < 4.78 is 5.20. The second-order valence-corrected chi connectivity index (χ2v) is 7.18. The van der Waals surface area contributed by atoms with Gasteiger partial charge in [-0.3, -0.25) is 4.79 Å². The summed E-state index contributed by atoms with van der Waals surface area (Å²) in [5, 5.41) is 9.06. The number of halogens is 1. The van der Waals surface area contributed by atoms with Crippen LogP contribution in [0.1, 0.15) is 0 Å². The zero-order valence-electron chi connectivity index (χ0n) is 15.7. The van der Waals surface area contributed by atoms with E-state index in [4.69, 9.17) is 16.3 Å². The Balaban J connectivity index is 1.32. The minimum absolute atomic E-state index is 0.00895. The number of fused-ring (bicyclic) bond motifs is 2. The zero-order valence-corrected chi connectivity index (χ0v) is 16.4. The van der Waals surface area contributed by atoms with Gasteiger partial charge in [-0.1, -0.05) is 48.0 Å². The van der Waals surface area contributed by atoms with Crippen molar-refractivity contribution in [2.45, 2.75) is 0 Å². The van der Waals surface area contributed by atoms with E-state index in [2.05, 4.69) is 28.8 Å². The van der Waals surface area contributed by atoms with Gasteiger partial charge in [0, 0.05) is 29.2 Å². The predicted octanol–water partition coefficient (Wildman–Crippen LogP) is 3.45. The van der Waals surface area contributed by atoms with E-state index in [1.165, 1.54) is 0 Å². The SMILES string of the molecule is O=C(CN1CC(=O)Oc2ccc(Cl)cc21)NCCNc1cccc2ccccc12. The second kappa shape index (κ2) is 8.41. The van der Waals surface area contributed by atoms with Crippen LogP contribution in [-0.4, -0.2) is 38.1 Å². The monoisotopic (exact) mass is 409 g/mol. The molecule has 1 aliphatic heterocycles. The summed E-state index contributed by atoms with van der Waals surface area (Å²) in [6.45, 7) is 1.11. The molecule has 148 valence electrons. The third kappa shape index (κ3) is 4.43. The summed E-state index contributed by atoms with van der Waals surface area (Å²) in [7, 11) is 0. The number of amides is 1. The summed E-state index contributed by atoms with van der Waals surface area (Å²) in [5.41, 5.74) is 1.67. The van der Waals surface area contributed by atoms with Crippen LogP contribution in [0.4, 0.5) is 11.4 Å². The van der Waals surface area contributed by atoms with Crippen molar-refractivity contribution in [1.82, 2.24) is 5.32 Å².